The van der Waals surface area contributed by atoms with Crippen LogP contribution in [0.4, 0.5) is 11.4 Å². The number of primary amides is 1. The second-order valence-electron chi connectivity index (χ2n) is 6.58. The topological polar surface area (TPSA) is 116 Å². The fourth-order valence-corrected chi connectivity index (χ4v) is 3.32. The summed E-state index contributed by atoms with van der Waals surface area (Å²) >= 11 is 5.98. The number of hydrogen-bond donors (Lipinski definition) is 3. The van der Waals surface area contributed by atoms with Crippen LogP contribution in [0.3, 0.4) is 0 Å². The molecule has 8 nitrogen and oxygen atoms in total. The molecular weight excluding hydrogens is 394 g/mol. The van der Waals surface area contributed by atoms with Gasteiger partial charge in [0.05, 0.1) is 24.0 Å². The molecule has 0 radical (unpaired) electrons. The van der Waals surface area contributed by atoms with Gasteiger partial charge in [-0.25, -0.2) is 10.8 Å². The zero-order valence-corrected chi connectivity index (χ0v) is 16.9. The number of pyridine rings is 1. The number of methoxy groups -OCH3 is 1. The molecule has 0 aliphatic carbocycles. The fraction of sp³-hybridized carbons (Fsp3) is 0.300. The lowest BCUT2D eigenvalue weighted by molar-refractivity contribution is 0.0496. The predicted molar refractivity (Wildman–Crippen MR) is 113 cm³/mol. The number of nitrogens with zero attached hydrogens (tertiary/aromatic N) is 2. The smallest absolute Gasteiger partial charge is 0.252 e. The number of ether oxygens (including phenoxy) is 2. The number of carbonyl (C=O) groups excluding carboxylic acids is 1. The van der Waals surface area contributed by atoms with Crippen molar-refractivity contribution in [1.82, 2.24) is 9.99 Å². The maximum atomic E-state index is 11.7. The standard InChI is InChI=1S/C20H24ClN5O3/c1-28-19-13(5-8-26(23)14-6-9-29-10-7-14)3-2-4-16(19)25-17-11-18(21)24-12-15(17)20(22)27/h2-5,8,11-12,14H,6-7,9-10,23H2,1H3,(H2,22,27)(H,24,25)/b8-5+. The van der Waals surface area contributed by atoms with Gasteiger partial charge < -0.3 is 25.5 Å². The van der Waals surface area contributed by atoms with Gasteiger partial charge in [0.15, 0.2) is 0 Å². The lowest BCUT2D eigenvalue weighted by Crippen LogP contribution is -2.40. The molecule has 2 heterocycles. The van der Waals surface area contributed by atoms with E-state index in [1.165, 1.54) is 12.3 Å². The van der Waals surface area contributed by atoms with Gasteiger partial charge in [-0.15, -0.1) is 0 Å². The highest BCUT2D eigenvalue weighted by molar-refractivity contribution is 6.29. The van der Waals surface area contributed by atoms with Gasteiger partial charge in [0, 0.05) is 37.2 Å². The van der Waals surface area contributed by atoms with E-state index in [0.29, 0.717) is 30.3 Å². The fourth-order valence-electron chi connectivity index (χ4n) is 3.16. The number of hydrogen-bond acceptors (Lipinski definition) is 7. The van der Waals surface area contributed by atoms with Crippen LogP contribution in [0.5, 0.6) is 5.75 Å². The van der Waals surface area contributed by atoms with Crippen LogP contribution in [0.15, 0.2) is 36.7 Å². The number of nitrogens with one attached hydrogen (secondary N) is 1. The Morgan fingerprint density at radius 2 is 2.14 bits per heavy atom. The molecule has 3 rings (SSSR count). The van der Waals surface area contributed by atoms with Crippen molar-refractivity contribution in [3.8, 4) is 5.75 Å². The van der Waals surface area contributed by atoms with E-state index in [1.807, 2.05) is 30.5 Å². The number of para-hydroxylation sites is 1. The Morgan fingerprint density at radius 3 is 2.83 bits per heavy atom. The average molecular weight is 418 g/mol. The maximum Gasteiger partial charge on any atom is 0.252 e. The summed E-state index contributed by atoms with van der Waals surface area (Å²) in [6.45, 7) is 1.43. The van der Waals surface area contributed by atoms with Crippen LogP contribution in [0, 0.1) is 0 Å². The van der Waals surface area contributed by atoms with Gasteiger partial charge in [-0.3, -0.25) is 4.79 Å². The lowest BCUT2D eigenvalue weighted by Gasteiger charge is -2.29. The molecular formula is C20H24ClN5O3. The van der Waals surface area contributed by atoms with E-state index in [2.05, 4.69) is 10.3 Å². The van der Waals surface area contributed by atoms with E-state index in [0.717, 1.165) is 18.4 Å². The van der Waals surface area contributed by atoms with Gasteiger partial charge in [0.25, 0.3) is 5.91 Å². The second kappa shape index (κ2) is 9.60. The SMILES string of the molecule is COc1c(/C=C/N(N)C2CCOCC2)cccc1Nc1cc(Cl)ncc1C(N)=O. The van der Waals surface area contributed by atoms with Crippen LogP contribution in [-0.2, 0) is 4.74 Å². The summed E-state index contributed by atoms with van der Waals surface area (Å²) in [6, 6.07) is 7.38. The minimum absolute atomic E-state index is 0.227. The maximum absolute atomic E-state index is 11.7. The minimum Gasteiger partial charge on any atom is -0.494 e. The first-order chi connectivity index (χ1) is 14.0. The van der Waals surface area contributed by atoms with Gasteiger partial charge in [0.1, 0.15) is 10.9 Å². The third-order valence-corrected chi connectivity index (χ3v) is 4.90. The number of nitrogens with two attached hydrogens (primary N) is 2. The Balaban J connectivity index is 1.86. The molecule has 0 spiro atoms. The molecule has 1 aliphatic heterocycles. The van der Waals surface area contributed by atoms with E-state index in [1.54, 1.807) is 12.1 Å². The average Bonchev–Trinajstić information content (AvgIpc) is 2.72. The highest BCUT2D eigenvalue weighted by Gasteiger charge is 2.17. The van der Waals surface area contributed by atoms with Gasteiger partial charge >= 0.3 is 0 Å². The van der Waals surface area contributed by atoms with E-state index < -0.39 is 5.91 Å². The van der Waals surface area contributed by atoms with E-state index >= 15 is 0 Å². The highest BCUT2D eigenvalue weighted by atomic mass is 35.5. The molecule has 2 aromatic rings. The first-order valence-corrected chi connectivity index (χ1v) is 9.55. The quantitative estimate of drug-likeness (QED) is 0.360. The lowest BCUT2D eigenvalue weighted by atomic mass is 10.1. The van der Waals surface area contributed by atoms with Gasteiger partial charge in [-0.05, 0) is 31.1 Å². The minimum atomic E-state index is -0.609. The Morgan fingerprint density at radius 1 is 1.38 bits per heavy atom. The summed E-state index contributed by atoms with van der Waals surface area (Å²) in [4.78, 5) is 15.6. The number of rotatable bonds is 7. The van der Waals surface area contributed by atoms with Crippen LogP contribution < -0.4 is 21.6 Å². The zero-order valence-electron chi connectivity index (χ0n) is 16.1. The van der Waals surface area contributed by atoms with Crippen LogP contribution in [-0.4, -0.2) is 42.3 Å². The second-order valence-corrected chi connectivity index (χ2v) is 6.96. The summed E-state index contributed by atoms with van der Waals surface area (Å²) in [5.74, 6) is 6.16. The van der Waals surface area contributed by atoms with Crippen molar-refractivity contribution in [3.05, 3.63) is 52.9 Å². The number of aromatic nitrogens is 1. The normalized spacial score (nSPS) is 14.7. The van der Waals surface area contributed by atoms with E-state index in [4.69, 9.17) is 32.7 Å². The van der Waals surface area contributed by atoms with Crippen LogP contribution in [0.2, 0.25) is 5.15 Å². The highest BCUT2D eigenvalue weighted by Crippen LogP contribution is 2.33. The third kappa shape index (κ3) is 5.17. The van der Waals surface area contributed by atoms with Crippen molar-refractivity contribution in [2.45, 2.75) is 18.9 Å². The Kier molecular flexibility index (Phi) is 6.92. The molecule has 1 aliphatic rings. The summed E-state index contributed by atoms with van der Waals surface area (Å²) in [5, 5.41) is 5.10. The molecule has 154 valence electrons. The Bertz CT molecular complexity index is 900. The van der Waals surface area contributed by atoms with Gasteiger partial charge in [-0.2, -0.15) is 0 Å². The first-order valence-electron chi connectivity index (χ1n) is 9.18. The molecule has 0 unspecified atom stereocenters. The molecule has 29 heavy (non-hydrogen) atoms. The van der Waals surface area contributed by atoms with E-state index in [9.17, 15) is 4.79 Å². The van der Waals surface area contributed by atoms with E-state index in [-0.39, 0.29) is 16.8 Å². The zero-order chi connectivity index (χ0) is 20.8. The van der Waals surface area contributed by atoms with Gasteiger partial charge in [-0.1, -0.05) is 23.7 Å². The number of amides is 1. The molecule has 1 aromatic carbocycles. The number of benzene rings is 1. The largest absolute Gasteiger partial charge is 0.494 e. The summed E-state index contributed by atoms with van der Waals surface area (Å²) in [5.41, 5.74) is 7.58. The van der Waals surface area contributed by atoms with Gasteiger partial charge in [0.2, 0.25) is 0 Å². The summed E-state index contributed by atoms with van der Waals surface area (Å²) < 4.78 is 11.0. The molecule has 0 saturated carbocycles. The molecule has 9 heteroatoms. The molecule has 1 aromatic heterocycles. The van der Waals surface area contributed by atoms with Crippen molar-refractivity contribution in [3.63, 3.8) is 0 Å². The molecule has 1 amide bonds. The molecule has 1 saturated heterocycles. The molecule has 5 N–H and O–H groups in total. The molecule has 1 fully saturated rings. The molecule has 0 atom stereocenters. The van der Waals surface area contributed by atoms with Crippen molar-refractivity contribution in [2.24, 2.45) is 11.6 Å². The Hall–Kier alpha value is -2.81. The summed E-state index contributed by atoms with van der Waals surface area (Å²) in [7, 11) is 1.57. The number of anilines is 2. The van der Waals surface area contributed by atoms with Crippen molar-refractivity contribution < 1.29 is 14.3 Å². The third-order valence-electron chi connectivity index (χ3n) is 4.69. The molecule has 0 bridgehead atoms. The number of halogens is 1. The monoisotopic (exact) mass is 417 g/mol. The predicted octanol–water partition coefficient (Wildman–Crippen LogP) is 2.91. The first kappa shape index (κ1) is 20.9. The Labute approximate surface area is 174 Å². The summed E-state index contributed by atoms with van der Waals surface area (Å²) in [6.07, 6.45) is 6.82. The van der Waals surface area contributed by atoms with Crippen molar-refractivity contribution >= 4 is 35.0 Å². The van der Waals surface area contributed by atoms with Crippen LogP contribution >= 0.6 is 11.6 Å². The van der Waals surface area contributed by atoms with Crippen LogP contribution in [0.25, 0.3) is 6.08 Å². The van der Waals surface area contributed by atoms with Crippen molar-refractivity contribution in [1.29, 1.82) is 0 Å². The van der Waals surface area contributed by atoms with Crippen molar-refractivity contribution in [2.75, 3.05) is 25.6 Å². The number of hydrazine groups is 1. The van der Waals surface area contributed by atoms with Crippen LogP contribution in [0.1, 0.15) is 28.8 Å². The number of carbonyl (C=O) groups is 1.